The van der Waals surface area contributed by atoms with Crippen LogP contribution in [-0.2, 0) is 23.2 Å². The summed E-state index contributed by atoms with van der Waals surface area (Å²) in [5.74, 6) is 0.323. The Hall–Kier alpha value is -1.60. The maximum absolute atomic E-state index is 10.9. The Morgan fingerprint density at radius 2 is 1.90 bits per heavy atom. The maximum Gasteiger partial charge on any atom is 0.235 e. The lowest BCUT2D eigenvalue weighted by molar-refractivity contribution is 0.404. The molecule has 1 N–H and O–H groups in total. The van der Waals surface area contributed by atoms with Crippen molar-refractivity contribution in [3.05, 3.63) is 28.3 Å². The van der Waals surface area contributed by atoms with Gasteiger partial charge < -0.3 is 5.11 Å². The summed E-state index contributed by atoms with van der Waals surface area (Å²) < 4.78 is 0. The molecule has 2 aliphatic carbocycles. The number of nitrogens with zero attached hydrogens (tertiary/aromatic N) is 1. The smallest absolute Gasteiger partial charge is 0.235 e. The molecule has 2 aliphatic rings. The van der Waals surface area contributed by atoms with Crippen molar-refractivity contribution >= 4 is 6.08 Å². The van der Waals surface area contributed by atoms with E-state index < -0.39 is 5.54 Å². The number of aliphatic imine (C=N–C) groups is 1. The van der Waals surface area contributed by atoms with Gasteiger partial charge in [-0.3, -0.25) is 0 Å². The summed E-state index contributed by atoms with van der Waals surface area (Å²) in [6.45, 7) is 2.08. The highest BCUT2D eigenvalue weighted by Gasteiger charge is 2.40. The molecule has 1 aromatic carbocycles. The zero-order valence-electron chi connectivity index (χ0n) is 12.0. The average Bonchev–Trinajstić information content (AvgIpc) is 2.88. The third-order valence-corrected chi connectivity index (χ3v) is 5.06. The zero-order chi connectivity index (χ0) is 14.2. The SMILES string of the molecule is Cc1c2c(cc(O)c1C1(N=C=O)CCCC1)CCCC2. The Morgan fingerprint density at radius 1 is 1.20 bits per heavy atom. The van der Waals surface area contributed by atoms with Gasteiger partial charge in [0.25, 0.3) is 0 Å². The van der Waals surface area contributed by atoms with Crippen LogP contribution < -0.4 is 0 Å². The largest absolute Gasteiger partial charge is 0.508 e. The highest BCUT2D eigenvalue weighted by Crippen LogP contribution is 2.48. The van der Waals surface area contributed by atoms with Crippen molar-refractivity contribution in [2.45, 2.75) is 63.8 Å². The van der Waals surface area contributed by atoms with Crippen LogP contribution in [0.4, 0.5) is 0 Å². The molecule has 0 atom stereocenters. The molecule has 1 saturated carbocycles. The molecule has 0 spiro atoms. The summed E-state index contributed by atoms with van der Waals surface area (Å²) >= 11 is 0. The van der Waals surface area contributed by atoms with Crippen molar-refractivity contribution in [3.63, 3.8) is 0 Å². The fourth-order valence-electron chi connectivity index (χ4n) is 4.15. The van der Waals surface area contributed by atoms with E-state index in [4.69, 9.17) is 0 Å². The summed E-state index contributed by atoms with van der Waals surface area (Å²) in [6.07, 6.45) is 10.1. The molecule has 0 heterocycles. The van der Waals surface area contributed by atoms with Crippen molar-refractivity contribution in [3.8, 4) is 5.75 Å². The quantitative estimate of drug-likeness (QED) is 0.659. The van der Waals surface area contributed by atoms with E-state index in [1.807, 2.05) is 6.07 Å². The first-order valence-corrected chi connectivity index (χ1v) is 7.62. The second kappa shape index (κ2) is 5.06. The molecule has 0 saturated heterocycles. The first kappa shape index (κ1) is 13.4. The van der Waals surface area contributed by atoms with Crippen LogP contribution in [0, 0.1) is 6.92 Å². The van der Waals surface area contributed by atoms with Crippen LogP contribution in [0.15, 0.2) is 11.1 Å². The molecule has 0 amide bonds. The van der Waals surface area contributed by atoms with E-state index in [0.29, 0.717) is 5.75 Å². The summed E-state index contributed by atoms with van der Waals surface area (Å²) in [5, 5.41) is 10.5. The molecule has 0 unspecified atom stereocenters. The van der Waals surface area contributed by atoms with E-state index >= 15 is 0 Å². The second-order valence-electron chi connectivity index (χ2n) is 6.18. The van der Waals surface area contributed by atoms with Gasteiger partial charge in [-0.1, -0.05) is 12.8 Å². The van der Waals surface area contributed by atoms with Gasteiger partial charge in [-0.15, -0.1) is 0 Å². The summed E-state index contributed by atoms with van der Waals surface area (Å²) in [4.78, 5) is 15.0. The summed E-state index contributed by atoms with van der Waals surface area (Å²) in [7, 11) is 0. The van der Waals surface area contributed by atoms with Crippen LogP contribution in [0.3, 0.4) is 0 Å². The predicted octanol–water partition coefficient (Wildman–Crippen LogP) is 3.68. The van der Waals surface area contributed by atoms with Crippen molar-refractivity contribution in [2.24, 2.45) is 4.99 Å². The number of carbonyl (C=O) groups excluding carboxylic acids is 1. The van der Waals surface area contributed by atoms with Gasteiger partial charge in [0.2, 0.25) is 6.08 Å². The van der Waals surface area contributed by atoms with E-state index in [2.05, 4.69) is 11.9 Å². The normalized spacial score (nSPS) is 20.2. The molecule has 3 rings (SSSR count). The number of isocyanates is 1. The molecule has 1 fully saturated rings. The van der Waals surface area contributed by atoms with Crippen molar-refractivity contribution in [1.82, 2.24) is 0 Å². The van der Waals surface area contributed by atoms with Crippen LogP contribution in [0.25, 0.3) is 0 Å². The number of benzene rings is 1. The number of hydrogen-bond donors (Lipinski definition) is 1. The molecule has 106 valence electrons. The molecular formula is C17H21NO2. The van der Waals surface area contributed by atoms with Gasteiger partial charge in [0.1, 0.15) is 11.3 Å². The highest BCUT2D eigenvalue weighted by molar-refractivity contribution is 5.54. The fraction of sp³-hybridized carbons (Fsp3) is 0.588. The lowest BCUT2D eigenvalue weighted by Crippen LogP contribution is -2.22. The topological polar surface area (TPSA) is 49.7 Å². The van der Waals surface area contributed by atoms with Crippen LogP contribution in [0.2, 0.25) is 0 Å². The monoisotopic (exact) mass is 271 g/mol. The van der Waals surface area contributed by atoms with Crippen LogP contribution in [-0.4, -0.2) is 11.2 Å². The molecule has 1 aromatic rings. The number of fused-ring (bicyclic) bond motifs is 1. The first-order chi connectivity index (χ1) is 9.68. The van der Waals surface area contributed by atoms with E-state index in [1.54, 1.807) is 6.08 Å². The standard InChI is InChI=1S/C17H21NO2/c1-12-14-7-3-2-6-13(14)10-15(20)16(12)17(18-11-19)8-4-5-9-17/h10,20H,2-9H2,1H3. The third kappa shape index (κ3) is 1.97. The van der Waals surface area contributed by atoms with E-state index in [1.165, 1.54) is 24.0 Å². The molecule has 3 nitrogen and oxygen atoms in total. The van der Waals surface area contributed by atoms with E-state index in [-0.39, 0.29) is 0 Å². The number of hydrogen-bond acceptors (Lipinski definition) is 3. The Bertz CT molecular complexity index is 579. The maximum atomic E-state index is 10.9. The van der Waals surface area contributed by atoms with Gasteiger partial charge in [0, 0.05) is 5.56 Å². The Labute approximate surface area is 119 Å². The molecule has 3 heteroatoms. The van der Waals surface area contributed by atoms with Crippen LogP contribution in [0.1, 0.15) is 60.8 Å². The summed E-state index contributed by atoms with van der Waals surface area (Å²) in [5.41, 5.74) is 4.16. The van der Waals surface area contributed by atoms with E-state index in [9.17, 15) is 9.90 Å². The summed E-state index contributed by atoms with van der Waals surface area (Å²) in [6, 6.07) is 1.91. The number of phenolic OH excluding ortho intramolecular Hbond substituents is 1. The van der Waals surface area contributed by atoms with Crippen molar-refractivity contribution in [1.29, 1.82) is 0 Å². The molecule has 0 bridgehead atoms. The number of aryl methyl sites for hydroxylation is 1. The molecular weight excluding hydrogens is 250 g/mol. The van der Waals surface area contributed by atoms with Gasteiger partial charge in [0.05, 0.1) is 0 Å². The van der Waals surface area contributed by atoms with Crippen molar-refractivity contribution < 1.29 is 9.90 Å². The minimum absolute atomic E-state index is 0.323. The Kier molecular flexibility index (Phi) is 3.39. The van der Waals surface area contributed by atoms with Gasteiger partial charge in [-0.05, 0) is 68.2 Å². The van der Waals surface area contributed by atoms with Gasteiger partial charge >= 0.3 is 0 Å². The Balaban J connectivity index is 2.20. The molecule has 20 heavy (non-hydrogen) atoms. The lowest BCUT2D eigenvalue weighted by Gasteiger charge is -2.29. The highest BCUT2D eigenvalue weighted by atomic mass is 16.3. The van der Waals surface area contributed by atoms with Crippen LogP contribution in [0.5, 0.6) is 5.75 Å². The van der Waals surface area contributed by atoms with Gasteiger partial charge in [-0.25, -0.2) is 4.79 Å². The molecule has 0 aliphatic heterocycles. The molecule has 0 radical (unpaired) electrons. The lowest BCUT2D eigenvalue weighted by atomic mass is 9.79. The van der Waals surface area contributed by atoms with Crippen molar-refractivity contribution in [2.75, 3.05) is 0 Å². The molecule has 0 aromatic heterocycles. The fourth-order valence-corrected chi connectivity index (χ4v) is 4.15. The predicted molar refractivity (Wildman–Crippen MR) is 77.8 cm³/mol. The van der Waals surface area contributed by atoms with Gasteiger partial charge in [0.15, 0.2) is 0 Å². The minimum Gasteiger partial charge on any atom is -0.508 e. The number of aromatic hydroxyl groups is 1. The van der Waals surface area contributed by atoms with Gasteiger partial charge in [-0.2, -0.15) is 4.99 Å². The number of rotatable bonds is 2. The third-order valence-electron chi connectivity index (χ3n) is 5.06. The number of phenols is 1. The first-order valence-electron chi connectivity index (χ1n) is 7.62. The van der Waals surface area contributed by atoms with Crippen LogP contribution >= 0.6 is 0 Å². The van der Waals surface area contributed by atoms with E-state index in [0.717, 1.165) is 49.7 Å². The Morgan fingerprint density at radius 3 is 2.60 bits per heavy atom. The minimum atomic E-state index is -0.525. The average molecular weight is 271 g/mol. The second-order valence-corrected chi connectivity index (χ2v) is 6.18. The zero-order valence-corrected chi connectivity index (χ0v) is 12.0.